The Morgan fingerprint density at radius 2 is 2.32 bits per heavy atom. The molecular formula is C16H20O3. The molecule has 3 heteroatoms. The summed E-state index contributed by atoms with van der Waals surface area (Å²) in [6.45, 7) is 0. The Labute approximate surface area is 113 Å². The van der Waals surface area contributed by atoms with E-state index in [-0.39, 0.29) is 0 Å². The van der Waals surface area contributed by atoms with E-state index >= 15 is 0 Å². The van der Waals surface area contributed by atoms with E-state index < -0.39 is 11.4 Å². The number of benzene rings is 1. The number of hydrogen-bond donors (Lipinski definition) is 1. The van der Waals surface area contributed by atoms with Crippen LogP contribution in [0.25, 0.3) is 0 Å². The Kier molecular flexibility index (Phi) is 3.00. The maximum absolute atomic E-state index is 11.8. The molecule has 2 saturated carbocycles. The monoisotopic (exact) mass is 260 g/mol. The van der Waals surface area contributed by atoms with Crippen LogP contribution in [0.15, 0.2) is 24.3 Å². The van der Waals surface area contributed by atoms with Crippen molar-refractivity contribution < 1.29 is 14.6 Å². The zero-order valence-corrected chi connectivity index (χ0v) is 11.3. The zero-order chi connectivity index (χ0) is 13.5. The first-order valence-electron chi connectivity index (χ1n) is 7.00. The number of aliphatic carboxylic acids is 1. The van der Waals surface area contributed by atoms with Crippen molar-refractivity contribution in [1.82, 2.24) is 0 Å². The van der Waals surface area contributed by atoms with Crippen molar-refractivity contribution in [3.63, 3.8) is 0 Å². The molecular weight excluding hydrogens is 240 g/mol. The van der Waals surface area contributed by atoms with Crippen LogP contribution in [0.1, 0.15) is 31.2 Å². The van der Waals surface area contributed by atoms with Crippen molar-refractivity contribution in [2.75, 3.05) is 7.11 Å². The Bertz CT molecular complexity index is 497. The van der Waals surface area contributed by atoms with Crippen LogP contribution in [0.3, 0.4) is 0 Å². The third-order valence-electron chi connectivity index (χ3n) is 5.06. The summed E-state index contributed by atoms with van der Waals surface area (Å²) >= 11 is 0. The predicted octanol–water partition coefficient (Wildman–Crippen LogP) is 3.13. The van der Waals surface area contributed by atoms with Gasteiger partial charge in [-0.05, 0) is 55.2 Å². The molecule has 1 aromatic rings. The molecule has 3 rings (SSSR count). The standard InChI is InChI=1S/C16H20O3/c1-19-14-4-2-3-11(8-14)9-16(15(17)18)10-12-5-6-13(16)7-12/h2-4,8,12-13H,5-7,9-10H2,1H3,(H,17,18)/t12-,13-,16+/m1/s1. The van der Waals surface area contributed by atoms with Crippen LogP contribution in [0.4, 0.5) is 0 Å². The number of carboxylic acids is 1. The maximum Gasteiger partial charge on any atom is 0.310 e. The SMILES string of the molecule is COc1cccc(C[C@]2(C(=O)O)C[C@@H]3CC[C@@H]2C3)c1. The van der Waals surface area contributed by atoms with Crippen molar-refractivity contribution in [3.05, 3.63) is 29.8 Å². The van der Waals surface area contributed by atoms with E-state index in [1.165, 1.54) is 6.42 Å². The highest BCUT2D eigenvalue weighted by Crippen LogP contribution is 2.57. The molecule has 0 radical (unpaired) electrons. The second-order valence-electron chi connectivity index (χ2n) is 6.07. The summed E-state index contributed by atoms with van der Waals surface area (Å²) in [6.07, 6.45) is 4.90. The minimum Gasteiger partial charge on any atom is -0.497 e. The number of fused-ring (bicyclic) bond motifs is 2. The van der Waals surface area contributed by atoms with Crippen LogP contribution in [0, 0.1) is 17.3 Å². The summed E-state index contributed by atoms with van der Waals surface area (Å²) in [4.78, 5) is 11.8. The van der Waals surface area contributed by atoms with Crippen LogP contribution < -0.4 is 4.74 Å². The van der Waals surface area contributed by atoms with E-state index in [1.807, 2.05) is 24.3 Å². The molecule has 0 unspecified atom stereocenters. The zero-order valence-electron chi connectivity index (χ0n) is 11.3. The molecule has 3 nitrogen and oxygen atoms in total. The number of carbonyl (C=O) groups is 1. The molecule has 0 aromatic heterocycles. The lowest BCUT2D eigenvalue weighted by Gasteiger charge is -2.33. The highest BCUT2D eigenvalue weighted by molar-refractivity contribution is 5.76. The quantitative estimate of drug-likeness (QED) is 0.904. The van der Waals surface area contributed by atoms with Gasteiger partial charge in [-0.25, -0.2) is 0 Å². The lowest BCUT2D eigenvalue weighted by Crippen LogP contribution is -2.38. The highest BCUT2D eigenvalue weighted by atomic mass is 16.5. The molecule has 0 saturated heterocycles. The Morgan fingerprint density at radius 3 is 2.89 bits per heavy atom. The fraction of sp³-hybridized carbons (Fsp3) is 0.562. The molecule has 1 N–H and O–H groups in total. The number of carboxylic acid groups (broad SMARTS) is 1. The van der Waals surface area contributed by atoms with Gasteiger partial charge in [0.1, 0.15) is 5.75 Å². The first kappa shape index (κ1) is 12.5. The highest BCUT2D eigenvalue weighted by Gasteiger charge is 2.55. The normalized spacial score (nSPS) is 32.5. The number of methoxy groups -OCH3 is 1. The smallest absolute Gasteiger partial charge is 0.310 e. The number of rotatable bonds is 4. The Hall–Kier alpha value is -1.51. The van der Waals surface area contributed by atoms with Gasteiger partial charge in [0.15, 0.2) is 0 Å². The number of ether oxygens (including phenoxy) is 1. The largest absolute Gasteiger partial charge is 0.497 e. The minimum absolute atomic E-state index is 0.362. The van der Waals surface area contributed by atoms with E-state index in [9.17, 15) is 9.90 Å². The van der Waals surface area contributed by atoms with Crippen molar-refractivity contribution >= 4 is 5.97 Å². The van der Waals surface area contributed by atoms with Crippen molar-refractivity contribution in [2.45, 2.75) is 32.1 Å². The van der Waals surface area contributed by atoms with Crippen LogP contribution in [0.2, 0.25) is 0 Å². The van der Waals surface area contributed by atoms with E-state index in [0.29, 0.717) is 18.3 Å². The van der Waals surface area contributed by atoms with Gasteiger partial charge in [0.25, 0.3) is 0 Å². The average Bonchev–Trinajstić information content (AvgIpc) is 3.00. The van der Waals surface area contributed by atoms with Gasteiger partial charge in [-0.2, -0.15) is 0 Å². The van der Waals surface area contributed by atoms with Gasteiger partial charge in [0.05, 0.1) is 12.5 Å². The van der Waals surface area contributed by atoms with Crippen LogP contribution >= 0.6 is 0 Å². The summed E-state index contributed by atoms with van der Waals surface area (Å²) in [6, 6.07) is 7.82. The maximum atomic E-state index is 11.8. The van der Waals surface area contributed by atoms with Gasteiger partial charge in [-0.3, -0.25) is 4.79 Å². The van der Waals surface area contributed by atoms with Crippen LogP contribution in [-0.4, -0.2) is 18.2 Å². The second-order valence-corrected chi connectivity index (χ2v) is 6.07. The van der Waals surface area contributed by atoms with Gasteiger partial charge >= 0.3 is 5.97 Å². The average molecular weight is 260 g/mol. The van der Waals surface area contributed by atoms with E-state index in [4.69, 9.17) is 4.74 Å². The predicted molar refractivity (Wildman–Crippen MR) is 72.2 cm³/mol. The molecule has 0 spiro atoms. The van der Waals surface area contributed by atoms with Gasteiger partial charge in [-0.15, -0.1) is 0 Å². The third kappa shape index (κ3) is 2.01. The fourth-order valence-electron chi connectivity index (χ4n) is 4.14. The molecule has 2 aliphatic carbocycles. The second kappa shape index (κ2) is 4.55. The third-order valence-corrected chi connectivity index (χ3v) is 5.06. The van der Waals surface area contributed by atoms with Gasteiger partial charge in [0.2, 0.25) is 0 Å². The molecule has 19 heavy (non-hydrogen) atoms. The molecule has 3 atom stereocenters. The molecule has 0 heterocycles. The molecule has 2 bridgehead atoms. The summed E-state index contributed by atoms with van der Waals surface area (Å²) in [5, 5.41) is 9.74. The first-order chi connectivity index (χ1) is 9.14. The van der Waals surface area contributed by atoms with Crippen molar-refractivity contribution in [2.24, 2.45) is 17.3 Å². The number of hydrogen-bond acceptors (Lipinski definition) is 2. The summed E-state index contributed by atoms with van der Waals surface area (Å²) < 4.78 is 5.23. The van der Waals surface area contributed by atoms with E-state index in [0.717, 1.165) is 30.6 Å². The van der Waals surface area contributed by atoms with E-state index in [1.54, 1.807) is 7.11 Å². The minimum atomic E-state index is -0.609. The molecule has 102 valence electrons. The summed E-state index contributed by atoms with van der Waals surface area (Å²) in [5.41, 5.74) is 0.546. The molecule has 1 aromatic carbocycles. The molecule has 2 fully saturated rings. The van der Waals surface area contributed by atoms with E-state index in [2.05, 4.69) is 0 Å². The molecule has 0 amide bonds. The van der Waals surface area contributed by atoms with Crippen LogP contribution in [-0.2, 0) is 11.2 Å². The first-order valence-corrected chi connectivity index (χ1v) is 7.00. The van der Waals surface area contributed by atoms with Crippen molar-refractivity contribution in [1.29, 1.82) is 0 Å². The van der Waals surface area contributed by atoms with Gasteiger partial charge in [-0.1, -0.05) is 18.6 Å². The van der Waals surface area contributed by atoms with Gasteiger partial charge < -0.3 is 9.84 Å². The van der Waals surface area contributed by atoms with Crippen molar-refractivity contribution in [3.8, 4) is 5.75 Å². The molecule has 2 aliphatic rings. The lowest BCUT2D eigenvalue weighted by molar-refractivity contribution is -0.152. The topological polar surface area (TPSA) is 46.5 Å². The Balaban J connectivity index is 1.88. The van der Waals surface area contributed by atoms with Gasteiger partial charge in [0, 0.05) is 0 Å². The fourth-order valence-corrected chi connectivity index (χ4v) is 4.14. The Morgan fingerprint density at radius 1 is 1.47 bits per heavy atom. The summed E-state index contributed by atoms with van der Waals surface area (Å²) in [7, 11) is 1.64. The molecule has 0 aliphatic heterocycles. The summed E-state index contributed by atoms with van der Waals surface area (Å²) in [5.74, 6) is 1.19. The lowest BCUT2D eigenvalue weighted by atomic mass is 9.69. The van der Waals surface area contributed by atoms with Crippen LogP contribution in [0.5, 0.6) is 5.75 Å².